The van der Waals surface area contributed by atoms with Crippen LogP contribution < -0.4 is 5.32 Å². The molecule has 1 aromatic carbocycles. The molecule has 0 amide bonds. The zero-order valence-electron chi connectivity index (χ0n) is 11.1. The second kappa shape index (κ2) is 3.98. The van der Waals surface area contributed by atoms with Crippen molar-refractivity contribution in [1.82, 2.24) is 9.78 Å². The fourth-order valence-corrected chi connectivity index (χ4v) is 3.24. The first-order valence-corrected chi connectivity index (χ1v) is 6.87. The van der Waals surface area contributed by atoms with Crippen molar-refractivity contribution in [2.75, 3.05) is 5.32 Å². The number of fused-ring (bicyclic) bond motifs is 2. The van der Waals surface area contributed by atoms with Crippen molar-refractivity contribution in [3.05, 3.63) is 52.9 Å². The van der Waals surface area contributed by atoms with Crippen LogP contribution in [0.1, 0.15) is 23.2 Å². The average molecular weight is 251 g/mol. The van der Waals surface area contributed by atoms with Gasteiger partial charge in [0.1, 0.15) is 0 Å². The van der Waals surface area contributed by atoms with Gasteiger partial charge >= 0.3 is 0 Å². The molecule has 0 saturated heterocycles. The van der Waals surface area contributed by atoms with Crippen LogP contribution in [0, 0.1) is 0 Å². The molecule has 3 nitrogen and oxygen atoms in total. The number of hydrogen-bond acceptors (Lipinski definition) is 2. The zero-order valence-corrected chi connectivity index (χ0v) is 11.1. The molecule has 1 aromatic heterocycles. The molecule has 1 aliphatic carbocycles. The Balaban J connectivity index is 1.64. The van der Waals surface area contributed by atoms with E-state index in [-0.39, 0.29) is 0 Å². The highest BCUT2D eigenvalue weighted by Crippen LogP contribution is 2.33. The molecule has 19 heavy (non-hydrogen) atoms. The minimum Gasteiger partial charge on any atom is -0.378 e. The van der Waals surface area contributed by atoms with Crippen molar-refractivity contribution in [3.63, 3.8) is 0 Å². The Morgan fingerprint density at radius 3 is 3.05 bits per heavy atom. The minimum absolute atomic E-state index is 0.464. The summed E-state index contributed by atoms with van der Waals surface area (Å²) in [5.41, 5.74) is 6.90. The monoisotopic (exact) mass is 251 g/mol. The van der Waals surface area contributed by atoms with Crippen LogP contribution >= 0.6 is 0 Å². The van der Waals surface area contributed by atoms with Gasteiger partial charge in [-0.1, -0.05) is 24.3 Å². The van der Waals surface area contributed by atoms with Crippen molar-refractivity contribution >= 4 is 11.8 Å². The molecule has 0 spiro atoms. The predicted octanol–water partition coefficient (Wildman–Crippen LogP) is 2.79. The van der Waals surface area contributed by atoms with Gasteiger partial charge in [0.25, 0.3) is 0 Å². The third-order valence-electron chi connectivity index (χ3n) is 4.30. The normalized spacial score (nSPS) is 20.5. The van der Waals surface area contributed by atoms with Crippen LogP contribution in [0.25, 0.3) is 6.08 Å². The molecule has 96 valence electrons. The van der Waals surface area contributed by atoms with Crippen molar-refractivity contribution < 1.29 is 0 Å². The molecule has 2 heterocycles. The van der Waals surface area contributed by atoms with Gasteiger partial charge in [-0.25, -0.2) is 0 Å². The lowest BCUT2D eigenvalue weighted by atomic mass is 9.91. The van der Waals surface area contributed by atoms with E-state index in [0.29, 0.717) is 6.04 Å². The van der Waals surface area contributed by atoms with Gasteiger partial charge < -0.3 is 5.32 Å². The highest BCUT2D eigenvalue weighted by molar-refractivity contribution is 5.64. The maximum absolute atomic E-state index is 4.35. The molecule has 2 aliphatic rings. The molecule has 1 atom stereocenters. The fraction of sp³-hybridized carbons (Fsp3) is 0.312. The number of anilines is 1. The highest BCUT2D eigenvalue weighted by Gasteiger charge is 2.25. The summed E-state index contributed by atoms with van der Waals surface area (Å²) >= 11 is 0. The molecular formula is C16H17N3. The third-order valence-corrected chi connectivity index (χ3v) is 4.30. The van der Waals surface area contributed by atoms with Crippen molar-refractivity contribution in [2.45, 2.75) is 25.3 Å². The summed E-state index contributed by atoms with van der Waals surface area (Å²) < 4.78 is 2.00. The largest absolute Gasteiger partial charge is 0.378 e. The topological polar surface area (TPSA) is 29.9 Å². The van der Waals surface area contributed by atoms with Crippen molar-refractivity contribution in [3.8, 4) is 0 Å². The maximum atomic E-state index is 4.35. The van der Waals surface area contributed by atoms with Crippen LogP contribution in [0.3, 0.4) is 0 Å². The lowest BCUT2D eigenvalue weighted by molar-refractivity contribution is 0.684. The first-order chi connectivity index (χ1) is 9.31. The Hall–Kier alpha value is -2.03. The zero-order chi connectivity index (χ0) is 12.8. The van der Waals surface area contributed by atoms with E-state index < -0.39 is 0 Å². The summed E-state index contributed by atoms with van der Waals surface area (Å²) in [6, 6.07) is 9.08. The van der Waals surface area contributed by atoms with Crippen LogP contribution in [0.15, 0.2) is 36.0 Å². The summed E-state index contributed by atoms with van der Waals surface area (Å²) in [7, 11) is 2.03. The number of aromatic nitrogens is 2. The van der Waals surface area contributed by atoms with E-state index >= 15 is 0 Å². The second-order valence-electron chi connectivity index (χ2n) is 5.45. The van der Waals surface area contributed by atoms with Gasteiger partial charge in [0.2, 0.25) is 0 Å². The maximum Gasteiger partial charge on any atom is 0.0565 e. The van der Waals surface area contributed by atoms with Gasteiger partial charge in [-0.3, -0.25) is 4.68 Å². The molecular weight excluding hydrogens is 234 g/mol. The van der Waals surface area contributed by atoms with E-state index in [1.165, 1.54) is 28.1 Å². The molecule has 0 fully saturated rings. The van der Waals surface area contributed by atoms with E-state index in [1.807, 2.05) is 17.9 Å². The van der Waals surface area contributed by atoms with Crippen LogP contribution in [-0.4, -0.2) is 15.8 Å². The van der Waals surface area contributed by atoms with E-state index in [2.05, 4.69) is 40.8 Å². The van der Waals surface area contributed by atoms with Crippen LogP contribution in [0.4, 0.5) is 5.69 Å². The third kappa shape index (κ3) is 1.69. The molecule has 1 unspecified atom stereocenters. The Morgan fingerprint density at radius 2 is 2.16 bits per heavy atom. The van der Waals surface area contributed by atoms with Crippen molar-refractivity contribution in [1.29, 1.82) is 0 Å². The van der Waals surface area contributed by atoms with E-state index in [0.717, 1.165) is 19.3 Å². The van der Waals surface area contributed by atoms with Crippen LogP contribution in [-0.2, 0) is 19.9 Å². The van der Waals surface area contributed by atoms with Gasteiger partial charge in [-0.2, -0.15) is 5.10 Å². The number of rotatable bonds is 1. The number of para-hydroxylation sites is 1. The standard InChI is InChI=1S/C16H17N3/c1-19-16-7-6-12(8-13(16)10-17-19)15-9-11-4-2-3-5-14(11)18-15/h2-5,8,10,15,18H,6-7,9H2,1H3. The average Bonchev–Trinajstić information content (AvgIpc) is 3.02. The Morgan fingerprint density at radius 1 is 1.26 bits per heavy atom. The molecule has 1 N–H and O–H groups in total. The Labute approximate surface area is 112 Å². The molecule has 4 rings (SSSR count). The van der Waals surface area contributed by atoms with E-state index in [1.54, 1.807) is 0 Å². The Kier molecular flexibility index (Phi) is 2.28. The number of nitrogens with zero attached hydrogens (tertiary/aromatic N) is 2. The summed E-state index contributed by atoms with van der Waals surface area (Å²) in [6.45, 7) is 0. The second-order valence-corrected chi connectivity index (χ2v) is 5.45. The van der Waals surface area contributed by atoms with Crippen LogP contribution in [0.5, 0.6) is 0 Å². The lowest BCUT2D eigenvalue weighted by Gasteiger charge is -2.20. The Bertz CT molecular complexity index is 641. The fourth-order valence-electron chi connectivity index (χ4n) is 3.24. The summed E-state index contributed by atoms with van der Waals surface area (Å²) in [5.74, 6) is 0. The number of hydrogen-bond donors (Lipinski definition) is 1. The molecule has 0 saturated carbocycles. The van der Waals surface area contributed by atoms with Gasteiger partial charge in [-0.05, 0) is 36.5 Å². The molecule has 0 radical (unpaired) electrons. The van der Waals surface area contributed by atoms with Gasteiger partial charge in [0, 0.05) is 24.0 Å². The lowest BCUT2D eigenvalue weighted by Crippen LogP contribution is -2.20. The van der Waals surface area contributed by atoms with Gasteiger partial charge in [0.15, 0.2) is 0 Å². The van der Waals surface area contributed by atoms with Crippen molar-refractivity contribution in [2.24, 2.45) is 7.05 Å². The summed E-state index contributed by atoms with van der Waals surface area (Å²) in [4.78, 5) is 0. The first kappa shape index (κ1) is 10.9. The highest BCUT2D eigenvalue weighted by atomic mass is 15.3. The quantitative estimate of drug-likeness (QED) is 0.844. The SMILES string of the molecule is Cn1ncc2c1CCC(C1Cc3ccccc3N1)=C2. The van der Waals surface area contributed by atoms with Gasteiger partial charge in [0.05, 0.1) is 12.2 Å². The molecule has 1 aliphatic heterocycles. The predicted molar refractivity (Wildman–Crippen MR) is 77.1 cm³/mol. The smallest absolute Gasteiger partial charge is 0.0565 e. The minimum atomic E-state index is 0.464. The molecule has 3 heteroatoms. The van der Waals surface area contributed by atoms with E-state index in [4.69, 9.17) is 0 Å². The number of nitrogens with one attached hydrogen (secondary N) is 1. The molecule has 0 bridgehead atoms. The number of aryl methyl sites for hydroxylation is 1. The molecule has 2 aromatic rings. The van der Waals surface area contributed by atoms with E-state index in [9.17, 15) is 0 Å². The summed E-state index contributed by atoms with van der Waals surface area (Å²) in [6.07, 6.45) is 7.66. The van der Waals surface area contributed by atoms with Crippen LogP contribution in [0.2, 0.25) is 0 Å². The van der Waals surface area contributed by atoms with Gasteiger partial charge in [-0.15, -0.1) is 0 Å². The summed E-state index contributed by atoms with van der Waals surface area (Å²) in [5, 5.41) is 8.00. The number of benzene rings is 1. The first-order valence-electron chi connectivity index (χ1n) is 6.87.